The van der Waals surface area contributed by atoms with Gasteiger partial charge in [-0.1, -0.05) is 13.3 Å². The highest BCUT2D eigenvalue weighted by molar-refractivity contribution is 4.66. The highest BCUT2D eigenvalue weighted by Crippen LogP contribution is 1.96. The zero-order valence-electron chi connectivity index (χ0n) is 11.9. The van der Waals surface area contributed by atoms with E-state index in [1.54, 1.807) is 0 Å². The largest absolute Gasteiger partial charge is 0.315 e. The summed E-state index contributed by atoms with van der Waals surface area (Å²) >= 11 is 0. The zero-order chi connectivity index (χ0) is 12.4. The molecule has 0 heterocycles. The molecule has 0 aromatic carbocycles. The second-order valence-electron chi connectivity index (χ2n) is 5.04. The Kier molecular flexibility index (Phi) is 9.99. The van der Waals surface area contributed by atoms with E-state index in [9.17, 15) is 0 Å². The summed E-state index contributed by atoms with van der Waals surface area (Å²) < 4.78 is 0. The third kappa shape index (κ3) is 9.13. The van der Waals surface area contributed by atoms with E-state index >= 15 is 0 Å². The van der Waals surface area contributed by atoms with Gasteiger partial charge in [0.1, 0.15) is 0 Å². The molecule has 0 bridgehead atoms. The molecule has 0 saturated heterocycles. The summed E-state index contributed by atoms with van der Waals surface area (Å²) in [6.45, 7) is 9.17. The molecular formula is C13H31N3. The van der Waals surface area contributed by atoms with E-state index in [1.807, 2.05) is 0 Å². The fourth-order valence-electron chi connectivity index (χ4n) is 1.63. The van der Waals surface area contributed by atoms with Crippen LogP contribution in [0, 0.1) is 0 Å². The lowest BCUT2D eigenvalue weighted by Gasteiger charge is -2.25. The van der Waals surface area contributed by atoms with Crippen LogP contribution in [0.25, 0.3) is 0 Å². The molecule has 0 aliphatic rings. The smallest absolute Gasteiger partial charge is 0.0189 e. The molecule has 0 aromatic rings. The molecule has 3 heteroatoms. The van der Waals surface area contributed by atoms with Gasteiger partial charge >= 0.3 is 0 Å². The van der Waals surface area contributed by atoms with Crippen molar-refractivity contribution in [3.8, 4) is 0 Å². The number of nitrogens with zero attached hydrogens (tertiary/aromatic N) is 2. The average molecular weight is 229 g/mol. The first kappa shape index (κ1) is 15.9. The highest BCUT2D eigenvalue weighted by Gasteiger charge is 2.07. The Morgan fingerprint density at radius 2 is 1.75 bits per heavy atom. The first-order valence-corrected chi connectivity index (χ1v) is 6.63. The van der Waals surface area contributed by atoms with Gasteiger partial charge in [0.2, 0.25) is 0 Å². The standard InChI is InChI=1S/C13H31N3/c1-6-7-9-14-12-13(2)16(5)11-8-10-15(3)4/h13-14H,6-12H2,1-5H3. The minimum absolute atomic E-state index is 0.638. The number of rotatable bonds is 10. The minimum Gasteiger partial charge on any atom is -0.315 e. The highest BCUT2D eigenvalue weighted by atomic mass is 15.1. The summed E-state index contributed by atoms with van der Waals surface area (Å²) in [4.78, 5) is 4.69. The third-order valence-electron chi connectivity index (χ3n) is 3.02. The van der Waals surface area contributed by atoms with Crippen molar-refractivity contribution in [3.63, 3.8) is 0 Å². The summed E-state index contributed by atoms with van der Waals surface area (Å²) in [5, 5.41) is 3.51. The van der Waals surface area contributed by atoms with Crippen LogP contribution in [0.1, 0.15) is 33.1 Å². The van der Waals surface area contributed by atoms with Crippen molar-refractivity contribution < 1.29 is 0 Å². The van der Waals surface area contributed by atoms with Gasteiger partial charge in [0, 0.05) is 12.6 Å². The third-order valence-corrected chi connectivity index (χ3v) is 3.02. The Balaban J connectivity index is 3.45. The van der Waals surface area contributed by atoms with Gasteiger partial charge in [0.15, 0.2) is 0 Å². The molecule has 3 nitrogen and oxygen atoms in total. The first-order chi connectivity index (χ1) is 7.57. The molecule has 0 aliphatic heterocycles. The number of nitrogens with one attached hydrogen (secondary N) is 1. The fraction of sp³-hybridized carbons (Fsp3) is 1.00. The summed E-state index contributed by atoms with van der Waals surface area (Å²) in [6, 6.07) is 0.638. The quantitative estimate of drug-likeness (QED) is 0.575. The van der Waals surface area contributed by atoms with Crippen LogP contribution >= 0.6 is 0 Å². The Morgan fingerprint density at radius 1 is 1.06 bits per heavy atom. The molecule has 0 fully saturated rings. The van der Waals surface area contributed by atoms with E-state index in [2.05, 4.69) is 50.1 Å². The second-order valence-corrected chi connectivity index (χ2v) is 5.04. The van der Waals surface area contributed by atoms with Gasteiger partial charge in [0.05, 0.1) is 0 Å². The van der Waals surface area contributed by atoms with Crippen LogP contribution in [0.4, 0.5) is 0 Å². The molecule has 0 radical (unpaired) electrons. The van der Waals surface area contributed by atoms with Crippen LogP contribution in [0.3, 0.4) is 0 Å². The van der Waals surface area contributed by atoms with Gasteiger partial charge in [-0.15, -0.1) is 0 Å². The predicted octanol–water partition coefficient (Wildman–Crippen LogP) is 1.65. The SMILES string of the molecule is CCCCNCC(C)N(C)CCCN(C)C. The average Bonchev–Trinajstić information content (AvgIpc) is 2.23. The van der Waals surface area contributed by atoms with Crippen LogP contribution in [0.5, 0.6) is 0 Å². The summed E-state index contributed by atoms with van der Waals surface area (Å²) in [6.07, 6.45) is 3.82. The van der Waals surface area contributed by atoms with E-state index in [4.69, 9.17) is 0 Å². The van der Waals surface area contributed by atoms with Gasteiger partial charge < -0.3 is 15.1 Å². The maximum atomic E-state index is 3.51. The normalized spacial score (nSPS) is 13.7. The molecule has 0 aliphatic carbocycles. The van der Waals surface area contributed by atoms with Crippen molar-refractivity contribution in [2.75, 3.05) is 47.3 Å². The molecule has 0 amide bonds. The van der Waals surface area contributed by atoms with E-state index in [0.29, 0.717) is 6.04 Å². The maximum Gasteiger partial charge on any atom is 0.0189 e. The van der Waals surface area contributed by atoms with Gasteiger partial charge in [-0.3, -0.25) is 0 Å². The Bertz CT molecular complexity index is 148. The molecule has 1 unspecified atom stereocenters. The second kappa shape index (κ2) is 10.1. The molecular weight excluding hydrogens is 198 g/mol. The van der Waals surface area contributed by atoms with Crippen LogP contribution in [-0.4, -0.2) is 63.2 Å². The van der Waals surface area contributed by atoms with Gasteiger partial charge in [0.25, 0.3) is 0 Å². The lowest BCUT2D eigenvalue weighted by Crippen LogP contribution is -2.39. The Hall–Kier alpha value is -0.120. The number of likely N-dealkylation sites (N-methyl/N-ethyl adjacent to an activating group) is 1. The van der Waals surface area contributed by atoms with Crippen LogP contribution in [0.2, 0.25) is 0 Å². The summed E-state index contributed by atoms with van der Waals surface area (Å²) in [7, 11) is 6.49. The van der Waals surface area contributed by atoms with Crippen molar-refractivity contribution in [1.29, 1.82) is 0 Å². The molecule has 1 N–H and O–H groups in total. The molecule has 98 valence electrons. The van der Waals surface area contributed by atoms with Crippen molar-refractivity contribution in [2.45, 2.75) is 39.2 Å². The van der Waals surface area contributed by atoms with Gasteiger partial charge in [-0.2, -0.15) is 0 Å². The molecule has 0 saturated carbocycles. The Morgan fingerprint density at radius 3 is 2.31 bits per heavy atom. The number of hydrogen-bond acceptors (Lipinski definition) is 3. The molecule has 0 rings (SSSR count). The number of hydrogen-bond donors (Lipinski definition) is 1. The topological polar surface area (TPSA) is 18.5 Å². The van der Waals surface area contributed by atoms with Crippen LogP contribution < -0.4 is 5.32 Å². The van der Waals surface area contributed by atoms with E-state index in [0.717, 1.165) is 13.1 Å². The summed E-state index contributed by atoms with van der Waals surface area (Å²) in [5.41, 5.74) is 0. The molecule has 0 spiro atoms. The first-order valence-electron chi connectivity index (χ1n) is 6.63. The fourth-order valence-corrected chi connectivity index (χ4v) is 1.63. The molecule has 16 heavy (non-hydrogen) atoms. The van der Waals surface area contributed by atoms with Crippen LogP contribution in [-0.2, 0) is 0 Å². The maximum absolute atomic E-state index is 3.51. The van der Waals surface area contributed by atoms with Crippen molar-refractivity contribution in [1.82, 2.24) is 15.1 Å². The monoisotopic (exact) mass is 229 g/mol. The minimum atomic E-state index is 0.638. The van der Waals surface area contributed by atoms with E-state index in [1.165, 1.54) is 32.4 Å². The van der Waals surface area contributed by atoms with Crippen molar-refractivity contribution >= 4 is 0 Å². The van der Waals surface area contributed by atoms with Crippen molar-refractivity contribution in [2.24, 2.45) is 0 Å². The lowest BCUT2D eigenvalue weighted by atomic mass is 10.2. The lowest BCUT2D eigenvalue weighted by molar-refractivity contribution is 0.236. The number of unbranched alkanes of at least 4 members (excludes halogenated alkanes) is 1. The van der Waals surface area contributed by atoms with Crippen molar-refractivity contribution in [3.05, 3.63) is 0 Å². The van der Waals surface area contributed by atoms with Gasteiger partial charge in [-0.05, 0) is 60.5 Å². The predicted molar refractivity (Wildman–Crippen MR) is 73.0 cm³/mol. The zero-order valence-corrected chi connectivity index (χ0v) is 11.9. The molecule has 0 aromatic heterocycles. The molecule has 1 atom stereocenters. The summed E-state index contributed by atoms with van der Waals surface area (Å²) in [5.74, 6) is 0. The van der Waals surface area contributed by atoms with Gasteiger partial charge in [-0.25, -0.2) is 0 Å². The van der Waals surface area contributed by atoms with E-state index in [-0.39, 0.29) is 0 Å². The van der Waals surface area contributed by atoms with Crippen LogP contribution in [0.15, 0.2) is 0 Å². The Labute approximate surface area is 102 Å². The van der Waals surface area contributed by atoms with E-state index < -0.39 is 0 Å².